The zero-order valence-electron chi connectivity index (χ0n) is 8.89. The summed E-state index contributed by atoms with van der Waals surface area (Å²) >= 11 is 3.23. The molecule has 1 rings (SSSR count). The molecule has 78 valence electrons. The van der Waals surface area contributed by atoms with Crippen molar-refractivity contribution >= 4 is 21.7 Å². The van der Waals surface area contributed by atoms with Crippen LogP contribution in [0, 0.1) is 11.3 Å². The molecule has 0 bridgehead atoms. The van der Waals surface area contributed by atoms with Gasteiger partial charge in [-0.1, -0.05) is 49.7 Å². The van der Waals surface area contributed by atoms with Gasteiger partial charge in [0.05, 0.1) is 0 Å². The molecule has 2 nitrogen and oxygen atoms in total. The standard InChI is InChI=1S/C11H15BrO2/c1-6-7(5-11(2,3)4)9(13)10(14)8(6)12/h5-6,14H,1-4H3/b7-5+/t6-/m0/s1. The SMILES string of the molecule is C[C@@H]1C(Br)=C(O)C(=O)/C1=C/C(C)(C)C. The predicted octanol–water partition coefficient (Wildman–Crippen LogP) is 3.34. The molecule has 14 heavy (non-hydrogen) atoms. The minimum atomic E-state index is -0.251. The summed E-state index contributed by atoms with van der Waals surface area (Å²) in [6.45, 7) is 8.00. The van der Waals surface area contributed by atoms with Crippen molar-refractivity contribution in [2.45, 2.75) is 27.7 Å². The minimum Gasteiger partial charge on any atom is -0.504 e. The van der Waals surface area contributed by atoms with E-state index in [1.807, 2.05) is 33.8 Å². The van der Waals surface area contributed by atoms with Gasteiger partial charge in [-0.2, -0.15) is 0 Å². The maximum atomic E-state index is 11.6. The van der Waals surface area contributed by atoms with Crippen LogP contribution in [0.15, 0.2) is 21.9 Å². The van der Waals surface area contributed by atoms with E-state index in [9.17, 15) is 9.90 Å². The number of aliphatic hydroxyl groups excluding tert-OH is 1. The molecule has 0 aromatic rings. The molecule has 0 unspecified atom stereocenters. The molecule has 0 fully saturated rings. The summed E-state index contributed by atoms with van der Waals surface area (Å²) in [6, 6.07) is 0. The summed E-state index contributed by atoms with van der Waals surface area (Å²) in [6.07, 6.45) is 1.92. The quantitative estimate of drug-likeness (QED) is 0.677. The topological polar surface area (TPSA) is 37.3 Å². The van der Waals surface area contributed by atoms with Crippen LogP contribution in [0.3, 0.4) is 0 Å². The number of ketones is 1. The van der Waals surface area contributed by atoms with Gasteiger partial charge in [0.2, 0.25) is 5.78 Å². The third kappa shape index (κ3) is 2.08. The molecular formula is C11H15BrO2. The number of carbonyl (C=O) groups is 1. The molecule has 0 aromatic heterocycles. The van der Waals surface area contributed by atoms with Gasteiger partial charge in [-0.15, -0.1) is 0 Å². The zero-order chi connectivity index (χ0) is 11.1. The van der Waals surface area contributed by atoms with Gasteiger partial charge in [0.15, 0.2) is 5.76 Å². The summed E-state index contributed by atoms with van der Waals surface area (Å²) < 4.78 is 0.595. The number of aliphatic hydroxyl groups is 1. The number of allylic oxidation sites excluding steroid dienone is 3. The Kier molecular flexibility index (Phi) is 2.91. The van der Waals surface area contributed by atoms with Crippen LogP contribution in [0.1, 0.15) is 27.7 Å². The maximum Gasteiger partial charge on any atom is 0.224 e. The first-order valence-electron chi connectivity index (χ1n) is 4.60. The molecule has 0 amide bonds. The first-order chi connectivity index (χ1) is 6.24. The Morgan fingerprint density at radius 1 is 1.43 bits per heavy atom. The Hall–Kier alpha value is -0.570. The number of carbonyl (C=O) groups excluding carboxylic acids is 1. The van der Waals surface area contributed by atoms with Crippen LogP contribution in [0.25, 0.3) is 0 Å². The zero-order valence-corrected chi connectivity index (χ0v) is 10.5. The molecular weight excluding hydrogens is 244 g/mol. The van der Waals surface area contributed by atoms with E-state index in [0.717, 1.165) is 0 Å². The molecule has 0 radical (unpaired) electrons. The lowest BCUT2D eigenvalue weighted by Gasteiger charge is -2.15. The predicted molar refractivity (Wildman–Crippen MR) is 60.3 cm³/mol. The molecule has 0 aromatic carbocycles. The lowest BCUT2D eigenvalue weighted by Crippen LogP contribution is -2.09. The van der Waals surface area contributed by atoms with Crippen LogP contribution in [0.2, 0.25) is 0 Å². The molecule has 1 atom stereocenters. The van der Waals surface area contributed by atoms with E-state index in [0.29, 0.717) is 10.1 Å². The second-order valence-corrected chi connectivity index (χ2v) is 5.57. The second-order valence-electron chi connectivity index (χ2n) is 4.71. The highest BCUT2D eigenvalue weighted by Crippen LogP contribution is 2.38. The van der Waals surface area contributed by atoms with Crippen LogP contribution < -0.4 is 0 Å². The highest BCUT2D eigenvalue weighted by Gasteiger charge is 2.33. The van der Waals surface area contributed by atoms with E-state index in [-0.39, 0.29) is 22.9 Å². The highest BCUT2D eigenvalue weighted by molar-refractivity contribution is 9.11. The smallest absolute Gasteiger partial charge is 0.224 e. The van der Waals surface area contributed by atoms with Gasteiger partial charge in [-0.3, -0.25) is 4.79 Å². The monoisotopic (exact) mass is 258 g/mol. The summed E-state index contributed by atoms with van der Waals surface area (Å²) in [5, 5.41) is 9.45. The lowest BCUT2D eigenvalue weighted by atomic mass is 9.90. The first kappa shape index (κ1) is 11.5. The van der Waals surface area contributed by atoms with Gasteiger partial charge in [0, 0.05) is 16.0 Å². The van der Waals surface area contributed by atoms with Crippen molar-refractivity contribution in [3.63, 3.8) is 0 Å². The Balaban J connectivity index is 3.10. The number of hydrogen-bond donors (Lipinski definition) is 1. The fourth-order valence-corrected chi connectivity index (χ4v) is 1.87. The molecule has 3 heteroatoms. The third-order valence-electron chi connectivity index (χ3n) is 2.14. The molecule has 1 aliphatic carbocycles. The number of rotatable bonds is 0. The number of Topliss-reactive ketones (excluding diaryl/α,β-unsaturated/α-hetero) is 1. The van der Waals surface area contributed by atoms with Crippen LogP contribution in [-0.2, 0) is 4.79 Å². The van der Waals surface area contributed by atoms with Crippen molar-refractivity contribution < 1.29 is 9.90 Å². The number of hydrogen-bond acceptors (Lipinski definition) is 2. The van der Waals surface area contributed by atoms with E-state index >= 15 is 0 Å². The van der Waals surface area contributed by atoms with E-state index in [1.54, 1.807) is 0 Å². The Labute approximate surface area is 92.8 Å². The van der Waals surface area contributed by atoms with Gasteiger partial charge >= 0.3 is 0 Å². The lowest BCUT2D eigenvalue weighted by molar-refractivity contribution is -0.114. The summed E-state index contributed by atoms with van der Waals surface area (Å²) in [4.78, 5) is 11.6. The minimum absolute atomic E-state index is 0.0262. The van der Waals surface area contributed by atoms with E-state index < -0.39 is 0 Å². The molecule has 0 spiro atoms. The highest BCUT2D eigenvalue weighted by atomic mass is 79.9. The van der Waals surface area contributed by atoms with Crippen molar-refractivity contribution in [1.29, 1.82) is 0 Å². The van der Waals surface area contributed by atoms with Gasteiger partial charge in [-0.05, 0) is 5.41 Å². The van der Waals surface area contributed by atoms with Gasteiger partial charge < -0.3 is 5.11 Å². The average Bonchev–Trinajstić information content (AvgIpc) is 2.20. The molecule has 0 saturated heterocycles. The van der Waals surface area contributed by atoms with Crippen molar-refractivity contribution in [2.24, 2.45) is 11.3 Å². The van der Waals surface area contributed by atoms with E-state index in [2.05, 4.69) is 15.9 Å². The van der Waals surface area contributed by atoms with Gasteiger partial charge in [0.1, 0.15) is 0 Å². The Bertz CT molecular complexity index is 332. The Morgan fingerprint density at radius 2 is 1.93 bits per heavy atom. The normalized spacial score (nSPS) is 26.5. The Morgan fingerprint density at radius 3 is 2.21 bits per heavy atom. The van der Waals surface area contributed by atoms with Crippen LogP contribution >= 0.6 is 15.9 Å². The van der Waals surface area contributed by atoms with Crippen molar-refractivity contribution in [3.8, 4) is 0 Å². The fourth-order valence-electron chi connectivity index (χ4n) is 1.44. The molecule has 0 aliphatic heterocycles. The average molecular weight is 259 g/mol. The number of halogens is 1. The summed E-state index contributed by atoms with van der Waals surface area (Å²) in [5.41, 5.74) is 0.638. The van der Waals surface area contributed by atoms with Gasteiger partial charge in [0.25, 0.3) is 0 Å². The third-order valence-corrected chi connectivity index (χ3v) is 3.20. The molecule has 0 heterocycles. The molecule has 1 aliphatic rings. The van der Waals surface area contributed by atoms with Crippen LogP contribution in [0.4, 0.5) is 0 Å². The van der Waals surface area contributed by atoms with Gasteiger partial charge in [-0.25, -0.2) is 0 Å². The second kappa shape index (κ2) is 3.54. The van der Waals surface area contributed by atoms with E-state index in [1.165, 1.54) is 0 Å². The maximum absolute atomic E-state index is 11.6. The first-order valence-corrected chi connectivity index (χ1v) is 5.39. The van der Waals surface area contributed by atoms with E-state index in [4.69, 9.17) is 0 Å². The van der Waals surface area contributed by atoms with Crippen LogP contribution in [0.5, 0.6) is 0 Å². The van der Waals surface area contributed by atoms with Crippen molar-refractivity contribution in [3.05, 3.63) is 21.9 Å². The largest absolute Gasteiger partial charge is 0.504 e. The van der Waals surface area contributed by atoms with Crippen molar-refractivity contribution in [2.75, 3.05) is 0 Å². The summed E-state index contributed by atoms with van der Waals surface area (Å²) in [7, 11) is 0. The van der Waals surface area contributed by atoms with Crippen molar-refractivity contribution in [1.82, 2.24) is 0 Å². The fraction of sp³-hybridized carbons (Fsp3) is 0.545. The summed E-state index contributed by atoms with van der Waals surface area (Å²) in [5.74, 6) is -0.422. The molecule has 0 saturated carbocycles. The van der Waals surface area contributed by atoms with Crippen LogP contribution in [-0.4, -0.2) is 10.9 Å². The molecule has 1 N–H and O–H groups in total.